The van der Waals surface area contributed by atoms with Gasteiger partial charge in [0.15, 0.2) is 0 Å². The van der Waals surface area contributed by atoms with Crippen LogP contribution in [0.2, 0.25) is 0 Å². The summed E-state index contributed by atoms with van der Waals surface area (Å²) >= 11 is 0. The van der Waals surface area contributed by atoms with E-state index in [2.05, 4.69) is 82.0 Å². The summed E-state index contributed by atoms with van der Waals surface area (Å²) in [4.78, 5) is 2.18. The average Bonchev–Trinajstić information content (AvgIpc) is 2.85. The highest BCUT2D eigenvalue weighted by atomic mass is 16.3. The van der Waals surface area contributed by atoms with Gasteiger partial charge in [0, 0.05) is 17.6 Å². The Labute approximate surface area is 139 Å². The summed E-state index contributed by atoms with van der Waals surface area (Å²) in [6.45, 7) is 11.8. The number of aliphatic hydroxyl groups excluding tert-OH is 1. The van der Waals surface area contributed by atoms with Crippen molar-refractivity contribution in [2.45, 2.75) is 58.3 Å². The van der Waals surface area contributed by atoms with E-state index in [9.17, 15) is 5.11 Å². The van der Waals surface area contributed by atoms with Crippen LogP contribution in [0.15, 0.2) is 48.5 Å². The highest BCUT2D eigenvalue weighted by molar-refractivity contribution is 5.40. The molecule has 1 N–H and O–H groups in total. The lowest BCUT2D eigenvalue weighted by molar-refractivity contribution is -0.0533. The van der Waals surface area contributed by atoms with Gasteiger partial charge in [0.05, 0.1) is 0 Å². The molecule has 23 heavy (non-hydrogen) atoms. The van der Waals surface area contributed by atoms with Crippen molar-refractivity contribution >= 4 is 0 Å². The van der Waals surface area contributed by atoms with E-state index in [-0.39, 0.29) is 11.0 Å². The van der Waals surface area contributed by atoms with Crippen molar-refractivity contribution in [3.63, 3.8) is 0 Å². The van der Waals surface area contributed by atoms with Crippen LogP contribution in [-0.4, -0.2) is 10.0 Å². The molecule has 2 aromatic rings. The predicted octanol–water partition coefficient (Wildman–Crippen LogP) is 4.73. The first-order valence-corrected chi connectivity index (χ1v) is 8.35. The molecule has 3 rings (SSSR count). The Kier molecular flexibility index (Phi) is 3.86. The van der Waals surface area contributed by atoms with E-state index in [0.29, 0.717) is 0 Å². The highest BCUT2D eigenvalue weighted by Crippen LogP contribution is 2.42. The van der Waals surface area contributed by atoms with Crippen molar-refractivity contribution < 1.29 is 5.11 Å². The van der Waals surface area contributed by atoms with Gasteiger partial charge in [-0.25, -0.2) is 0 Å². The molecule has 0 spiro atoms. The Hall–Kier alpha value is -1.64. The summed E-state index contributed by atoms with van der Waals surface area (Å²) in [5, 5.41) is 11.0. The molecule has 2 nitrogen and oxygen atoms in total. The number of fused-ring (bicyclic) bond motifs is 1. The molecule has 0 bridgehead atoms. The molecule has 1 atom stereocenters. The monoisotopic (exact) mass is 309 g/mol. The van der Waals surface area contributed by atoms with Gasteiger partial charge in [-0.1, -0.05) is 69.3 Å². The van der Waals surface area contributed by atoms with Gasteiger partial charge in [0.25, 0.3) is 0 Å². The molecule has 1 heterocycles. The molecule has 0 fully saturated rings. The normalized spacial score (nSPS) is 19.0. The van der Waals surface area contributed by atoms with Gasteiger partial charge in [0.1, 0.15) is 6.23 Å². The van der Waals surface area contributed by atoms with Crippen molar-refractivity contribution in [3.05, 3.63) is 70.8 Å². The minimum absolute atomic E-state index is 0.0944. The van der Waals surface area contributed by atoms with Crippen LogP contribution in [0.4, 0.5) is 0 Å². The second-order valence-corrected chi connectivity index (χ2v) is 8.09. The Morgan fingerprint density at radius 3 is 2.17 bits per heavy atom. The molecule has 1 aliphatic rings. The summed E-state index contributed by atoms with van der Waals surface area (Å²) in [6.07, 6.45) is -0.553. The number of rotatable bonds is 2. The lowest BCUT2D eigenvalue weighted by atomic mass is 9.85. The average molecular weight is 309 g/mol. The molecule has 122 valence electrons. The summed E-state index contributed by atoms with van der Waals surface area (Å²) < 4.78 is 0. The van der Waals surface area contributed by atoms with Gasteiger partial charge in [0.2, 0.25) is 0 Å². The largest absolute Gasteiger partial charge is 0.374 e. The predicted molar refractivity (Wildman–Crippen MR) is 95.1 cm³/mol. The minimum atomic E-state index is -0.553. The zero-order chi connectivity index (χ0) is 16.8. The van der Waals surface area contributed by atoms with Crippen molar-refractivity contribution in [1.29, 1.82) is 0 Å². The van der Waals surface area contributed by atoms with Crippen LogP contribution in [0.25, 0.3) is 0 Å². The van der Waals surface area contributed by atoms with Crippen molar-refractivity contribution in [1.82, 2.24) is 4.90 Å². The molecule has 0 saturated heterocycles. The molecule has 0 radical (unpaired) electrons. The molecule has 0 aromatic heterocycles. The lowest BCUT2D eigenvalue weighted by Crippen LogP contribution is -2.40. The zero-order valence-corrected chi connectivity index (χ0v) is 14.8. The van der Waals surface area contributed by atoms with Crippen LogP contribution >= 0.6 is 0 Å². The van der Waals surface area contributed by atoms with Gasteiger partial charge in [-0.3, -0.25) is 4.90 Å². The van der Waals surface area contributed by atoms with Gasteiger partial charge in [-0.2, -0.15) is 0 Å². The second-order valence-electron chi connectivity index (χ2n) is 8.09. The van der Waals surface area contributed by atoms with Crippen LogP contribution in [0, 0.1) is 0 Å². The summed E-state index contributed by atoms with van der Waals surface area (Å²) in [5.74, 6) is 0. The SMILES string of the molecule is CC(C)(C)c1ccc2c(c1)C(O)N(C(C)(C)c1ccccc1)C2. The van der Waals surface area contributed by atoms with E-state index >= 15 is 0 Å². The standard InChI is InChI=1S/C21H27NO/c1-20(2,3)17-12-11-15-14-22(19(23)18(15)13-17)21(4,5)16-9-7-6-8-10-16/h6-13,19,23H,14H2,1-5H3. The molecule has 0 amide bonds. The van der Waals surface area contributed by atoms with E-state index in [1.807, 2.05) is 6.07 Å². The molecule has 0 aliphatic carbocycles. The van der Waals surface area contributed by atoms with Crippen molar-refractivity contribution in [3.8, 4) is 0 Å². The summed E-state index contributed by atoms with van der Waals surface area (Å²) in [6, 6.07) is 17.0. The highest BCUT2D eigenvalue weighted by Gasteiger charge is 2.39. The van der Waals surface area contributed by atoms with E-state index in [0.717, 1.165) is 12.1 Å². The van der Waals surface area contributed by atoms with Gasteiger partial charge >= 0.3 is 0 Å². The Morgan fingerprint density at radius 2 is 1.57 bits per heavy atom. The van der Waals surface area contributed by atoms with Crippen LogP contribution in [-0.2, 0) is 17.5 Å². The number of benzene rings is 2. The molecule has 1 aliphatic heterocycles. The molecular formula is C21H27NO. The Morgan fingerprint density at radius 1 is 0.913 bits per heavy atom. The Bertz CT molecular complexity index is 698. The van der Waals surface area contributed by atoms with Crippen LogP contribution in [0.1, 0.15) is 63.1 Å². The second kappa shape index (κ2) is 5.47. The number of hydrogen-bond acceptors (Lipinski definition) is 2. The fraction of sp³-hybridized carbons (Fsp3) is 0.429. The smallest absolute Gasteiger partial charge is 0.134 e. The third-order valence-corrected chi connectivity index (χ3v) is 5.12. The van der Waals surface area contributed by atoms with Crippen LogP contribution in [0.3, 0.4) is 0 Å². The van der Waals surface area contributed by atoms with E-state index < -0.39 is 6.23 Å². The molecule has 2 aromatic carbocycles. The van der Waals surface area contributed by atoms with Crippen molar-refractivity contribution in [2.24, 2.45) is 0 Å². The maximum atomic E-state index is 11.0. The molecule has 0 saturated carbocycles. The van der Waals surface area contributed by atoms with Gasteiger partial charge in [-0.15, -0.1) is 0 Å². The van der Waals surface area contributed by atoms with E-state index in [1.165, 1.54) is 16.7 Å². The van der Waals surface area contributed by atoms with Crippen LogP contribution in [0.5, 0.6) is 0 Å². The third-order valence-electron chi connectivity index (χ3n) is 5.12. The van der Waals surface area contributed by atoms with Gasteiger partial charge in [-0.05, 0) is 36.0 Å². The number of hydrogen-bond donors (Lipinski definition) is 1. The summed E-state index contributed by atoms with van der Waals surface area (Å²) in [7, 11) is 0. The maximum absolute atomic E-state index is 11.0. The molecular weight excluding hydrogens is 282 g/mol. The quantitative estimate of drug-likeness (QED) is 0.867. The molecule has 2 heteroatoms. The van der Waals surface area contributed by atoms with E-state index in [4.69, 9.17) is 0 Å². The maximum Gasteiger partial charge on any atom is 0.134 e. The third kappa shape index (κ3) is 2.82. The first kappa shape index (κ1) is 16.2. The Balaban J connectivity index is 1.96. The van der Waals surface area contributed by atoms with Crippen molar-refractivity contribution in [2.75, 3.05) is 0 Å². The first-order valence-electron chi connectivity index (χ1n) is 8.35. The zero-order valence-electron chi connectivity index (χ0n) is 14.8. The summed E-state index contributed by atoms with van der Waals surface area (Å²) in [5.41, 5.74) is 4.66. The first-order chi connectivity index (χ1) is 10.7. The van der Waals surface area contributed by atoms with E-state index in [1.54, 1.807) is 0 Å². The topological polar surface area (TPSA) is 23.5 Å². The fourth-order valence-electron chi connectivity index (χ4n) is 3.40. The van der Waals surface area contributed by atoms with Gasteiger partial charge < -0.3 is 5.11 Å². The number of nitrogens with zero attached hydrogens (tertiary/aromatic N) is 1. The fourth-order valence-corrected chi connectivity index (χ4v) is 3.40. The molecule has 1 unspecified atom stereocenters. The van der Waals surface area contributed by atoms with Crippen LogP contribution < -0.4 is 0 Å². The minimum Gasteiger partial charge on any atom is -0.374 e. The number of aliphatic hydroxyl groups is 1. The lowest BCUT2D eigenvalue weighted by Gasteiger charge is -2.38.